The number of aromatic nitrogens is 1. The molecule has 0 amide bonds. The normalized spacial score (nSPS) is 12.7. The quantitative estimate of drug-likeness (QED) is 0.506. The third kappa shape index (κ3) is 5.32. The second kappa shape index (κ2) is 9.83. The van der Waals surface area contributed by atoms with E-state index in [0.29, 0.717) is 17.9 Å². The lowest BCUT2D eigenvalue weighted by atomic mass is 9.82. The van der Waals surface area contributed by atoms with E-state index in [-0.39, 0.29) is 12.2 Å². The summed E-state index contributed by atoms with van der Waals surface area (Å²) in [5.41, 5.74) is 3.27. The van der Waals surface area contributed by atoms with Crippen LogP contribution in [0, 0.1) is 12.8 Å². The number of carbonyl (C=O) groups excluding carboxylic acids is 1. The average Bonchev–Trinajstić information content (AvgIpc) is 2.77. The van der Waals surface area contributed by atoms with Crippen molar-refractivity contribution in [1.82, 2.24) is 4.98 Å². The lowest BCUT2D eigenvalue weighted by molar-refractivity contribution is -0.141. The second-order valence-corrected chi connectivity index (χ2v) is 7.43. The van der Waals surface area contributed by atoms with Crippen molar-refractivity contribution in [1.29, 1.82) is 0 Å². The van der Waals surface area contributed by atoms with Crippen LogP contribution in [-0.4, -0.2) is 21.8 Å². The van der Waals surface area contributed by atoms with Crippen LogP contribution >= 0.6 is 0 Å². The maximum absolute atomic E-state index is 13.4. The highest BCUT2D eigenvalue weighted by Gasteiger charge is 2.28. The molecule has 1 N–H and O–H groups in total. The smallest absolute Gasteiger partial charge is 0.306 e. The minimum Gasteiger partial charge on any atom is -0.489 e. The van der Waals surface area contributed by atoms with Gasteiger partial charge in [-0.15, -0.1) is 0 Å². The van der Waals surface area contributed by atoms with Gasteiger partial charge in [-0.05, 0) is 42.7 Å². The van der Waals surface area contributed by atoms with Crippen molar-refractivity contribution in [3.8, 4) is 5.75 Å². The van der Waals surface area contributed by atoms with E-state index in [0.717, 1.165) is 16.7 Å². The number of carboxylic acids is 1. The van der Waals surface area contributed by atoms with Gasteiger partial charge in [-0.2, -0.15) is 0 Å². The van der Waals surface area contributed by atoms with E-state index in [1.165, 1.54) is 0 Å². The van der Waals surface area contributed by atoms with Crippen molar-refractivity contribution in [2.75, 3.05) is 0 Å². The van der Waals surface area contributed by atoms with Crippen LogP contribution in [0.3, 0.4) is 0 Å². The fraction of sp³-hybridized carbons (Fsp3) is 0.240. The maximum atomic E-state index is 13.4. The van der Waals surface area contributed by atoms with Crippen molar-refractivity contribution in [2.45, 2.75) is 32.8 Å². The number of benzene rings is 2. The van der Waals surface area contributed by atoms with Crippen LogP contribution in [0.5, 0.6) is 5.75 Å². The van der Waals surface area contributed by atoms with Crippen molar-refractivity contribution in [3.05, 3.63) is 95.3 Å². The van der Waals surface area contributed by atoms with Gasteiger partial charge in [-0.25, -0.2) is 0 Å². The van der Waals surface area contributed by atoms with E-state index in [1.54, 1.807) is 43.6 Å². The molecule has 0 bridgehead atoms. The third-order valence-electron chi connectivity index (χ3n) is 5.14. The molecule has 3 aromatic rings. The Morgan fingerprint density at radius 2 is 1.87 bits per heavy atom. The molecule has 5 nitrogen and oxygen atoms in total. The number of nitrogens with zero attached hydrogens (tertiary/aromatic N) is 1. The largest absolute Gasteiger partial charge is 0.489 e. The van der Waals surface area contributed by atoms with Gasteiger partial charge in [-0.1, -0.05) is 49.4 Å². The van der Waals surface area contributed by atoms with E-state index < -0.39 is 17.8 Å². The van der Waals surface area contributed by atoms with Crippen molar-refractivity contribution >= 4 is 11.8 Å². The molecule has 0 saturated carbocycles. The molecule has 0 aliphatic heterocycles. The van der Waals surface area contributed by atoms with E-state index in [4.69, 9.17) is 4.74 Å². The van der Waals surface area contributed by atoms with E-state index in [2.05, 4.69) is 4.98 Å². The number of rotatable bonds is 9. The molecule has 30 heavy (non-hydrogen) atoms. The first-order valence-corrected chi connectivity index (χ1v) is 9.90. The van der Waals surface area contributed by atoms with Gasteiger partial charge >= 0.3 is 5.97 Å². The van der Waals surface area contributed by atoms with Gasteiger partial charge in [0.05, 0.1) is 5.92 Å². The van der Waals surface area contributed by atoms with Crippen molar-refractivity contribution in [3.63, 3.8) is 0 Å². The van der Waals surface area contributed by atoms with Crippen LogP contribution in [0.25, 0.3) is 0 Å². The summed E-state index contributed by atoms with van der Waals surface area (Å²) in [6.07, 6.45) is 3.67. The summed E-state index contributed by atoms with van der Waals surface area (Å²) in [5.74, 6) is -1.60. The first kappa shape index (κ1) is 21.2. The SMILES string of the molecule is Cc1ccccc1C(CC(C)C(=O)O)C(=O)c1cccc(OCc2cccnc2)c1. The minimum absolute atomic E-state index is 0.107. The minimum atomic E-state index is -0.907. The Morgan fingerprint density at radius 1 is 1.07 bits per heavy atom. The zero-order chi connectivity index (χ0) is 21.5. The molecule has 1 heterocycles. The molecule has 2 unspecified atom stereocenters. The number of ketones is 1. The molecule has 5 heteroatoms. The Labute approximate surface area is 176 Å². The Balaban J connectivity index is 1.85. The highest BCUT2D eigenvalue weighted by molar-refractivity contribution is 6.01. The summed E-state index contributed by atoms with van der Waals surface area (Å²) >= 11 is 0. The summed E-state index contributed by atoms with van der Waals surface area (Å²) in [7, 11) is 0. The van der Waals surface area contributed by atoms with E-state index in [1.807, 2.05) is 43.3 Å². The molecular formula is C25H25NO4. The van der Waals surface area contributed by atoms with Gasteiger partial charge in [0.2, 0.25) is 0 Å². The van der Waals surface area contributed by atoms with Crippen molar-refractivity contribution < 1.29 is 19.4 Å². The Hall–Kier alpha value is -3.47. The highest BCUT2D eigenvalue weighted by atomic mass is 16.5. The number of hydrogen-bond donors (Lipinski definition) is 1. The van der Waals surface area contributed by atoms with Gasteiger partial charge in [0.15, 0.2) is 5.78 Å². The molecule has 3 rings (SSSR count). The zero-order valence-corrected chi connectivity index (χ0v) is 17.1. The number of ether oxygens (including phenoxy) is 1. The van der Waals surface area contributed by atoms with Crippen LogP contribution in [0.2, 0.25) is 0 Å². The van der Waals surface area contributed by atoms with Gasteiger partial charge in [0.25, 0.3) is 0 Å². The number of Topliss-reactive ketones (excluding diaryl/α,β-unsaturated/α-hetero) is 1. The summed E-state index contributed by atoms with van der Waals surface area (Å²) < 4.78 is 5.83. The number of carbonyl (C=O) groups is 2. The highest BCUT2D eigenvalue weighted by Crippen LogP contribution is 2.31. The monoisotopic (exact) mass is 403 g/mol. The molecule has 0 fully saturated rings. The van der Waals surface area contributed by atoms with Crippen LogP contribution in [0.1, 0.15) is 46.3 Å². The molecule has 0 spiro atoms. The lowest BCUT2D eigenvalue weighted by Gasteiger charge is -2.21. The molecule has 0 saturated heterocycles. The van der Waals surface area contributed by atoms with Gasteiger partial charge in [0.1, 0.15) is 12.4 Å². The number of carboxylic acid groups (broad SMARTS) is 1. The predicted molar refractivity (Wildman–Crippen MR) is 115 cm³/mol. The van der Waals surface area contributed by atoms with Gasteiger partial charge in [-0.3, -0.25) is 14.6 Å². The second-order valence-electron chi connectivity index (χ2n) is 7.43. The molecule has 0 radical (unpaired) electrons. The Bertz CT molecular complexity index is 1020. The molecule has 1 aromatic heterocycles. The molecular weight excluding hydrogens is 378 g/mol. The summed E-state index contributed by atoms with van der Waals surface area (Å²) in [6.45, 7) is 3.92. The third-order valence-corrected chi connectivity index (χ3v) is 5.14. The lowest BCUT2D eigenvalue weighted by Crippen LogP contribution is -2.21. The fourth-order valence-corrected chi connectivity index (χ4v) is 3.40. The molecule has 154 valence electrons. The predicted octanol–water partition coefficient (Wildman–Crippen LogP) is 5.05. The molecule has 2 aromatic carbocycles. The Morgan fingerprint density at radius 3 is 2.57 bits per heavy atom. The molecule has 0 aliphatic carbocycles. The average molecular weight is 403 g/mol. The summed E-state index contributed by atoms with van der Waals surface area (Å²) in [5, 5.41) is 9.39. The van der Waals surface area contributed by atoms with Gasteiger partial charge in [0, 0.05) is 29.4 Å². The van der Waals surface area contributed by atoms with Crippen LogP contribution in [0.4, 0.5) is 0 Å². The van der Waals surface area contributed by atoms with Crippen LogP contribution < -0.4 is 4.74 Å². The Kier molecular flexibility index (Phi) is 6.96. The fourth-order valence-electron chi connectivity index (χ4n) is 3.40. The standard InChI is InChI=1S/C25H25NO4/c1-17-7-3-4-11-22(17)23(13-18(2)25(28)29)24(27)20-9-5-10-21(14-20)30-16-19-8-6-12-26-15-19/h3-12,14-15,18,23H,13,16H2,1-2H3,(H,28,29). The molecule has 0 aliphatic rings. The number of pyridine rings is 1. The first-order valence-electron chi connectivity index (χ1n) is 9.90. The van der Waals surface area contributed by atoms with Crippen LogP contribution in [0.15, 0.2) is 73.1 Å². The summed E-state index contributed by atoms with van der Waals surface area (Å²) in [4.78, 5) is 28.9. The van der Waals surface area contributed by atoms with E-state index in [9.17, 15) is 14.7 Å². The van der Waals surface area contributed by atoms with Gasteiger partial charge < -0.3 is 9.84 Å². The number of aryl methyl sites for hydroxylation is 1. The topological polar surface area (TPSA) is 76.5 Å². The van der Waals surface area contributed by atoms with E-state index >= 15 is 0 Å². The summed E-state index contributed by atoms with van der Waals surface area (Å²) in [6, 6.07) is 18.4. The number of hydrogen-bond acceptors (Lipinski definition) is 4. The zero-order valence-electron chi connectivity index (χ0n) is 17.1. The number of aliphatic carboxylic acids is 1. The van der Waals surface area contributed by atoms with Crippen LogP contribution in [-0.2, 0) is 11.4 Å². The molecule has 2 atom stereocenters. The first-order chi connectivity index (χ1) is 14.5. The van der Waals surface area contributed by atoms with Crippen molar-refractivity contribution in [2.24, 2.45) is 5.92 Å². The maximum Gasteiger partial charge on any atom is 0.306 e.